The maximum absolute atomic E-state index is 11.3. The highest BCUT2D eigenvalue weighted by Crippen LogP contribution is 2.13. The molecule has 1 fully saturated rings. The van der Waals surface area contributed by atoms with Crippen LogP contribution < -0.4 is 10.6 Å². The summed E-state index contributed by atoms with van der Waals surface area (Å²) in [5.41, 5.74) is 0. The van der Waals surface area contributed by atoms with Crippen molar-refractivity contribution in [1.82, 2.24) is 15.5 Å². The van der Waals surface area contributed by atoms with E-state index in [2.05, 4.69) is 29.4 Å². The Kier molecular flexibility index (Phi) is 5.05. The van der Waals surface area contributed by atoms with Crippen molar-refractivity contribution in [1.29, 1.82) is 0 Å². The Hall–Kier alpha value is -0.610. The summed E-state index contributed by atoms with van der Waals surface area (Å²) >= 11 is 0. The molecule has 0 aromatic carbocycles. The summed E-state index contributed by atoms with van der Waals surface area (Å²) in [6.45, 7) is 6.79. The summed E-state index contributed by atoms with van der Waals surface area (Å²) in [4.78, 5) is 13.6. The molecule has 0 spiro atoms. The summed E-state index contributed by atoms with van der Waals surface area (Å²) < 4.78 is 0. The number of carbonyl (C=O) groups is 1. The van der Waals surface area contributed by atoms with Gasteiger partial charge in [0.15, 0.2) is 0 Å². The van der Waals surface area contributed by atoms with Crippen molar-refractivity contribution in [3.63, 3.8) is 0 Å². The van der Waals surface area contributed by atoms with Crippen LogP contribution in [0.15, 0.2) is 0 Å². The second-order valence-electron chi connectivity index (χ2n) is 4.28. The zero-order valence-electron chi connectivity index (χ0n) is 10.0. The summed E-state index contributed by atoms with van der Waals surface area (Å²) in [6, 6.07) is 1.14. The van der Waals surface area contributed by atoms with E-state index in [9.17, 15) is 4.79 Å². The first kappa shape index (κ1) is 12.5. The highest BCUT2D eigenvalue weighted by molar-refractivity contribution is 5.77. The Bertz CT molecular complexity index is 200. The lowest BCUT2D eigenvalue weighted by molar-refractivity contribution is -0.122. The average molecular weight is 213 g/mol. The van der Waals surface area contributed by atoms with Crippen LogP contribution in [0.25, 0.3) is 0 Å². The zero-order valence-corrected chi connectivity index (χ0v) is 10.0. The lowest BCUT2D eigenvalue weighted by atomic mass is 10.0. The van der Waals surface area contributed by atoms with Crippen molar-refractivity contribution in [2.75, 3.05) is 26.7 Å². The van der Waals surface area contributed by atoms with Gasteiger partial charge in [-0.05, 0) is 26.3 Å². The molecule has 0 saturated carbocycles. The average Bonchev–Trinajstić information content (AvgIpc) is 2.27. The smallest absolute Gasteiger partial charge is 0.233 e. The first-order valence-corrected chi connectivity index (χ1v) is 5.85. The minimum Gasteiger partial charge on any atom is -0.358 e. The highest BCUT2D eigenvalue weighted by Gasteiger charge is 2.23. The monoisotopic (exact) mass is 213 g/mol. The number of rotatable bonds is 4. The normalized spacial score (nSPS) is 26.7. The van der Waals surface area contributed by atoms with Gasteiger partial charge in [-0.25, -0.2) is 0 Å². The molecule has 2 unspecified atom stereocenters. The van der Waals surface area contributed by atoms with Gasteiger partial charge in [0.25, 0.3) is 0 Å². The van der Waals surface area contributed by atoms with Gasteiger partial charge in [0.2, 0.25) is 5.91 Å². The van der Waals surface area contributed by atoms with Gasteiger partial charge in [0, 0.05) is 25.7 Å². The van der Waals surface area contributed by atoms with Gasteiger partial charge < -0.3 is 10.6 Å². The second-order valence-corrected chi connectivity index (χ2v) is 4.28. The first-order valence-electron chi connectivity index (χ1n) is 5.85. The molecule has 1 amide bonds. The fourth-order valence-electron chi connectivity index (χ4n) is 2.06. The number of amides is 1. The van der Waals surface area contributed by atoms with Crippen LogP contribution in [0.1, 0.15) is 26.7 Å². The molecule has 2 atom stereocenters. The molecule has 1 saturated heterocycles. The molecule has 2 N–H and O–H groups in total. The highest BCUT2D eigenvalue weighted by atomic mass is 16.1. The van der Waals surface area contributed by atoms with E-state index in [-0.39, 0.29) is 5.91 Å². The van der Waals surface area contributed by atoms with E-state index in [0.717, 1.165) is 13.1 Å². The van der Waals surface area contributed by atoms with Crippen LogP contribution in [-0.4, -0.2) is 49.6 Å². The predicted octanol–water partition coefficient (Wildman–Crippen LogP) is 0.195. The molecular formula is C11H23N3O. The molecular weight excluding hydrogens is 190 g/mol. The number of nitrogens with zero attached hydrogens (tertiary/aromatic N) is 1. The maximum Gasteiger partial charge on any atom is 0.233 e. The molecule has 1 heterocycles. The van der Waals surface area contributed by atoms with Crippen molar-refractivity contribution in [2.45, 2.75) is 38.8 Å². The number of likely N-dealkylation sites (N-methyl/N-ethyl adjacent to an activating group) is 2. The summed E-state index contributed by atoms with van der Waals surface area (Å²) in [7, 11) is 1.69. The van der Waals surface area contributed by atoms with Crippen molar-refractivity contribution in [3.8, 4) is 0 Å². The van der Waals surface area contributed by atoms with Crippen LogP contribution in [0, 0.1) is 0 Å². The lowest BCUT2D eigenvalue weighted by Crippen LogP contribution is -2.51. The third-order valence-corrected chi connectivity index (χ3v) is 3.18. The van der Waals surface area contributed by atoms with Gasteiger partial charge in [-0.2, -0.15) is 0 Å². The van der Waals surface area contributed by atoms with Crippen LogP contribution in [0.3, 0.4) is 0 Å². The standard InChI is InChI=1S/C11H23N3O/c1-4-14(8-11(15)12-3)10-6-5-9(2)13-7-10/h9-10,13H,4-8H2,1-3H3,(H,12,15). The van der Waals surface area contributed by atoms with Crippen molar-refractivity contribution in [2.24, 2.45) is 0 Å². The molecule has 4 nitrogen and oxygen atoms in total. The number of hydrogen-bond donors (Lipinski definition) is 2. The van der Waals surface area contributed by atoms with E-state index in [1.165, 1.54) is 12.8 Å². The largest absolute Gasteiger partial charge is 0.358 e. The van der Waals surface area contributed by atoms with Gasteiger partial charge in [0.1, 0.15) is 0 Å². The third-order valence-electron chi connectivity index (χ3n) is 3.18. The fourth-order valence-corrected chi connectivity index (χ4v) is 2.06. The summed E-state index contributed by atoms with van der Waals surface area (Å²) in [5, 5.41) is 6.14. The van der Waals surface area contributed by atoms with Crippen molar-refractivity contribution < 1.29 is 4.79 Å². The molecule has 15 heavy (non-hydrogen) atoms. The maximum atomic E-state index is 11.3. The molecule has 0 bridgehead atoms. The Morgan fingerprint density at radius 2 is 2.27 bits per heavy atom. The third kappa shape index (κ3) is 3.80. The first-order chi connectivity index (χ1) is 7.17. The number of hydrogen-bond acceptors (Lipinski definition) is 3. The Morgan fingerprint density at radius 1 is 1.53 bits per heavy atom. The Morgan fingerprint density at radius 3 is 2.73 bits per heavy atom. The predicted molar refractivity (Wildman–Crippen MR) is 61.8 cm³/mol. The lowest BCUT2D eigenvalue weighted by Gasteiger charge is -2.35. The van der Waals surface area contributed by atoms with E-state index in [1.807, 2.05) is 0 Å². The molecule has 0 aromatic rings. The van der Waals surface area contributed by atoms with Crippen LogP contribution in [0.2, 0.25) is 0 Å². The van der Waals surface area contributed by atoms with E-state index in [1.54, 1.807) is 7.05 Å². The zero-order chi connectivity index (χ0) is 11.3. The Balaban J connectivity index is 2.40. The molecule has 1 rings (SSSR count). The van der Waals surface area contributed by atoms with E-state index in [4.69, 9.17) is 0 Å². The summed E-state index contributed by atoms with van der Waals surface area (Å²) in [5.74, 6) is 0.107. The number of piperidine rings is 1. The topological polar surface area (TPSA) is 44.4 Å². The van der Waals surface area contributed by atoms with Gasteiger partial charge in [-0.1, -0.05) is 6.92 Å². The van der Waals surface area contributed by atoms with Gasteiger partial charge >= 0.3 is 0 Å². The number of carbonyl (C=O) groups excluding carboxylic acids is 1. The minimum absolute atomic E-state index is 0.107. The quantitative estimate of drug-likeness (QED) is 0.701. The van der Waals surface area contributed by atoms with Crippen LogP contribution in [0.5, 0.6) is 0 Å². The van der Waals surface area contributed by atoms with Crippen molar-refractivity contribution in [3.05, 3.63) is 0 Å². The van der Waals surface area contributed by atoms with Crippen LogP contribution in [0.4, 0.5) is 0 Å². The number of nitrogens with one attached hydrogen (secondary N) is 2. The molecule has 0 radical (unpaired) electrons. The second kappa shape index (κ2) is 6.08. The molecule has 88 valence electrons. The molecule has 4 heteroatoms. The van der Waals surface area contributed by atoms with Gasteiger partial charge in [0.05, 0.1) is 6.54 Å². The SMILES string of the molecule is CCN(CC(=O)NC)C1CCC(C)NC1. The summed E-state index contributed by atoms with van der Waals surface area (Å²) in [6.07, 6.45) is 2.40. The minimum atomic E-state index is 0.107. The van der Waals surface area contributed by atoms with Crippen LogP contribution in [-0.2, 0) is 4.79 Å². The van der Waals surface area contributed by atoms with Crippen LogP contribution >= 0.6 is 0 Å². The molecule has 1 aliphatic heterocycles. The van der Waals surface area contributed by atoms with Gasteiger partial charge in [-0.3, -0.25) is 9.69 Å². The molecule has 0 aliphatic carbocycles. The van der Waals surface area contributed by atoms with Gasteiger partial charge in [-0.15, -0.1) is 0 Å². The van der Waals surface area contributed by atoms with E-state index >= 15 is 0 Å². The molecule has 1 aliphatic rings. The van der Waals surface area contributed by atoms with E-state index in [0.29, 0.717) is 18.6 Å². The van der Waals surface area contributed by atoms with Crippen molar-refractivity contribution >= 4 is 5.91 Å². The fraction of sp³-hybridized carbons (Fsp3) is 0.909. The molecule has 0 aromatic heterocycles. The Labute approximate surface area is 92.4 Å². The van der Waals surface area contributed by atoms with E-state index < -0.39 is 0 Å².